The van der Waals surface area contributed by atoms with Crippen LogP contribution in [0.3, 0.4) is 0 Å². The summed E-state index contributed by atoms with van der Waals surface area (Å²) >= 11 is 0. The van der Waals surface area contributed by atoms with Crippen molar-refractivity contribution in [2.24, 2.45) is 17.8 Å². The molecule has 1 heterocycles. The van der Waals surface area contributed by atoms with E-state index in [1.165, 1.54) is 37.9 Å². The molecule has 0 spiro atoms. The maximum atomic E-state index is 3.60. The lowest BCUT2D eigenvalue weighted by Crippen LogP contribution is -2.25. The summed E-state index contributed by atoms with van der Waals surface area (Å²) in [6.45, 7) is 2.23. The molecular formula is C13H20N2. The van der Waals surface area contributed by atoms with Crippen LogP contribution in [0, 0.1) is 17.8 Å². The van der Waals surface area contributed by atoms with Crippen molar-refractivity contribution in [3.05, 3.63) is 24.0 Å². The van der Waals surface area contributed by atoms with Crippen molar-refractivity contribution < 1.29 is 0 Å². The Kier molecular flexibility index (Phi) is 2.53. The van der Waals surface area contributed by atoms with Crippen LogP contribution in [0.5, 0.6) is 0 Å². The van der Waals surface area contributed by atoms with Gasteiger partial charge in [0, 0.05) is 18.4 Å². The predicted octanol–water partition coefficient (Wildman–Crippen LogP) is 2.54. The number of H-pyrrole nitrogens is 1. The quantitative estimate of drug-likeness (QED) is 0.732. The van der Waals surface area contributed by atoms with Crippen LogP contribution in [0.15, 0.2) is 18.3 Å². The molecule has 1 aromatic rings. The topological polar surface area (TPSA) is 27.8 Å². The zero-order chi connectivity index (χ0) is 10.1. The summed E-state index contributed by atoms with van der Waals surface area (Å²) < 4.78 is 0. The molecule has 2 fully saturated rings. The summed E-state index contributed by atoms with van der Waals surface area (Å²) in [4.78, 5) is 3.24. The molecule has 0 aliphatic heterocycles. The number of nitrogens with one attached hydrogen (secondary N) is 2. The molecule has 3 rings (SSSR count). The lowest BCUT2D eigenvalue weighted by atomic mass is 9.98. The monoisotopic (exact) mass is 204 g/mol. The first-order valence-corrected chi connectivity index (χ1v) is 6.26. The van der Waals surface area contributed by atoms with E-state index in [4.69, 9.17) is 0 Å². The van der Waals surface area contributed by atoms with Gasteiger partial charge in [0.15, 0.2) is 0 Å². The fraction of sp³-hybridized carbons (Fsp3) is 0.692. The van der Waals surface area contributed by atoms with Gasteiger partial charge in [-0.2, -0.15) is 0 Å². The van der Waals surface area contributed by atoms with Gasteiger partial charge in [0.1, 0.15) is 0 Å². The van der Waals surface area contributed by atoms with Crippen LogP contribution >= 0.6 is 0 Å². The van der Waals surface area contributed by atoms with Gasteiger partial charge in [-0.05, 0) is 62.1 Å². The van der Waals surface area contributed by atoms with Gasteiger partial charge in [-0.15, -0.1) is 0 Å². The molecular weight excluding hydrogens is 184 g/mol. The molecule has 0 bridgehead atoms. The molecule has 2 aliphatic rings. The molecule has 82 valence electrons. The minimum atomic E-state index is 0.986. The second-order valence-corrected chi connectivity index (χ2v) is 5.16. The lowest BCUT2D eigenvalue weighted by molar-refractivity contribution is 0.378. The third-order valence-corrected chi connectivity index (χ3v) is 3.81. The van der Waals surface area contributed by atoms with Gasteiger partial charge >= 0.3 is 0 Å². The minimum absolute atomic E-state index is 0.986. The Bertz CT molecular complexity index is 284. The first kappa shape index (κ1) is 9.46. The summed E-state index contributed by atoms with van der Waals surface area (Å²) in [6, 6.07) is 4.21. The Labute approximate surface area is 91.5 Å². The van der Waals surface area contributed by atoms with Crippen molar-refractivity contribution in [1.82, 2.24) is 10.3 Å². The summed E-state index contributed by atoms with van der Waals surface area (Å²) in [5.41, 5.74) is 1.31. The van der Waals surface area contributed by atoms with Crippen molar-refractivity contribution in [2.75, 3.05) is 6.54 Å². The Balaban J connectivity index is 1.44. The van der Waals surface area contributed by atoms with Crippen LogP contribution < -0.4 is 5.32 Å². The molecule has 15 heavy (non-hydrogen) atoms. The standard InChI is InChI=1S/C13H20N2/c1-2-12(15-7-1)8-14-9-13(10-3-4-10)11-5-6-11/h1-2,7,10-11,13-15H,3-6,8-9H2. The van der Waals surface area contributed by atoms with Crippen LogP contribution in [0.1, 0.15) is 31.4 Å². The summed E-state index contributed by atoms with van der Waals surface area (Å²) in [5.74, 6) is 3.11. The largest absolute Gasteiger partial charge is 0.364 e. The van der Waals surface area contributed by atoms with Crippen LogP contribution in [-0.4, -0.2) is 11.5 Å². The highest BCUT2D eigenvalue weighted by molar-refractivity contribution is 5.03. The molecule has 1 aromatic heterocycles. The van der Waals surface area contributed by atoms with E-state index in [1.54, 1.807) is 0 Å². The van der Waals surface area contributed by atoms with E-state index in [9.17, 15) is 0 Å². The molecule has 2 heteroatoms. The van der Waals surface area contributed by atoms with Crippen molar-refractivity contribution in [3.8, 4) is 0 Å². The summed E-state index contributed by atoms with van der Waals surface area (Å²) in [6.07, 6.45) is 7.96. The van der Waals surface area contributed by atoms with E-state index in [0.717, 1.165) is 24.3 Å². The number of aromatic nitrogens is 1. The van der Waals surface area contributed by atoms with Crippen LogP contribution in [0.4, 0.5) is 0 Å². The molecule has 2 aliphatic carbocycles. The number of aromatic amines is 1. The Morgan fingerprint density at radius 2 is 2.00 bits per heavy atom. The minimum Gasteiger partial charge on any atom is -0.364 e. The molecule has 2 saturated carbocycles. The zero-order valence-electron chi connectivity index (χ0n) is 9.21. The van der Waals surface area contributed by atoms with Gasteiger partial charge in [0.2, 0.25) is 0 Å². The maximum Gasteiger partial charge on any atom is 0.0357 e. The third-order valence-electron chi connectivity index (χ3n) is 3.81. The maximum absolute atomic E-state index is 3.60. The van der Waals surface area contributed by atoms with Gasteiger partial charge in [-0.25, -0.2) is 0 Å². The normalized spacial score (nSPS) is 21.1. The SMILES string of the molecule is c1c[nH]c(CNCC(C2CC2)C2CC2)c1. The molecule has 2 nitrogen and oxygen atoms in total. The van der Waals surface area contributed by atoms with Gasteiger partial charge in [0.05, 0.1) is 0 Å². The fourth-order valence-electron chi connectivity index (χ4n) is 2.62. The van der Waals surface area contributed by atoms with E-state index in [1.807, 2.05) is 6.20 Å². The highest BCUT2D eigenvalue weighted by Crippen LogP contribution is 2.48. The molecule has 0 radical (unpaired) electrons. The average molecular weight is 204 g/mol. The molecule has 0 unspecified atom stereocenters. The van der Waals surface area contributed by atoms with Crippen LogP contribution in [-0.2, 0) is 6.54 Å². The van der Waals surface area contributed by atoms with Crippen molar-refractivity contribution in [2.45, 2.75) is 32.2 Å². The fourth-order valence-corrected chi connectivity index (χ4v) is 2.62. The summed E-state index contributed by atoms with van der Waals surface area (Å²) in [7, 11) is 0. The van der Waals surface area contributed by atoms with Crippen LogP contribution in [0.2, 0.25) is 0 Å². The number of rotatable bonds is 6. The molecule has 2 N–H and O–H groups in total. The van der Waals surface area contributed by atoms with Crippen molar-refractivity contribution >= 4 is 0 Å². The molecule has 0 amide bonds. The van der Waals surface area contributed by atoms with Gasteiger partial charge in [-0.1, -0.05) is 0 Å². The van der Waals surface area contributed by atoms with E-state index >= 15 is 0 Å². The number of hydrogen-bond acceptors (Lipinski definition) is 1. The highest BCUT2D eigenvalue weighted by Gasteiger charge is 2.40. The second kappa shape index (κ2) is 4.01. The third kappa shape index (κ3) is 2.43. The average Bonchev–Trinajstić information content (AvgIpc) is 3.15. The van der Waals surface area contributed by atoms with Gasteiger partial charge < -0.3 is 10.3 Å². The first-order valence-electron chi connectivity index (χ1n) is 6.26. The van der Waals surface area contributed by atoms with E-state index in [2.05, 4.69) is 22.4 Å². The molecule has 0 atom stereocenters. The predicted molar refractivity (Wildman–Crippen MR) is 61.4 cm³/mol. The van der Waals surface area contributed by atoms with Gasteiger partial charge in [0.25, 0.3) is 0 Å². The second-order valence-electron chi connectivity index (χ2n) is 5.16. The van der Waals surface area contributed by atoms with Crippen LogP contribution in [0.25, 0.3) is 0 Å². The highest BCUT2D eigenvalue weighted by atomic mass is 14.9. The summed E-state index contributed by atoms with van der Waals surface area (Å²) in [5, 5.41) is 3.60. The number of hydrogen-bond donors (Lipinski definition) is 2. The Hall–Kier alpha value is -0.760. The molecule has 0 saturated heterocycles. The zero-order valence-corrected chi connectivity index (χ0v) is 9.21. The van der Waals surface area contributed by atoms with E-state index < -0.39 is 0 Å². The Morgan fingerprint density at radius 1 is 1.27 bits per heavy atom. The molecule has 0 aromatic carbocycles. The van der Waals surface area contributed by atoms with Crippen molar-refractivity contribution in [1.29, 1.82) is 0 Å². The van der Waals surface area contributed by atoms with E-state index in [0.29, 0.717) is 0 Å². The Morgan fingerprint density at radius 3 is 2.53 bits per heavy atom. The van der Waals surface area contributed by atoms with Gasteiger partial charge in [-0.3, -0.25) is 0 Å². The van der Waals surface area contributed by atoms with E-state index in [-0.39, 0.29) is 0 Å². The van der Waals surface area contributed by atoms with Crippen molar-refractivity contribution in [3.63, 3.8) is 0 Å². The first-order chi connectivity index (χ1) is 7.43. The lowest BCUT2D eigenvalue weighted by Gasteiger charge is -2.15. The smallest absolute Gasteiger partial charge is 0.0357 e.